The van der Waals surface area contributed by atoms with Gasteiger partial charge in [-0.15, -0.1) is 11.8 Å². The molecule has 0 aromatic carbocycles. The molecule has 1 rings (SSSR count). The molecule has 80 valence electrons. The lowest BCUT2D eigenvalue weighted by Gasteiger charge is -2.00. The minimum Gasteiger partial charge on any atom is -0.395 e. The Morgan fingerprint density at radius 1 is 1.67 bits per heavy atom. The fourth-order valence-corrected chi connectivity index (χ4v) is 1.38. The van der Waals surface area contributed by atoms with E-state index in [1.807, 2.05) is 0 Å². The first-order valence-electron chi connectivity index (χ1n) is 3.98. The maximum Gasteiger partial charge on any atom is 0.353 e. The molecule has 8 heteroatoms. The summed E-state index contributed by atoms with van der Waals surface area (Å²) in [6.07, 6.45) is 0. The van der Waals surface area contributed by atoms with Crippen LogP contribution in [0.3, 0.4) is 0 Å². The number of hydrogen-bond donors (Lipinski definition) is 2. The van der Waals surface area contributed by atoms with E-state index >= 15 is 0 Å². The zero-order chi connectivity index (χ0) is 11.1. The number of carbonyl (C=O) groups excluding carboxylic acids is 1. The van der Waals surface area contributed by atoms with Crippen molar-refractivity contribution in [2.24, 2.45) is 0 Å². The smallest absolute Gasteiger partial charge is 0.353 e. The van der Waals surface area contributed by atoms with Gasteiger partial charge < -0.3 is 15.3 Å². The average Bonchev–Trinajstić information content (AvgIpc) is 2.70. The van der Waals surface area contributed by atoms with Gasteiger partial charge in [-0.3, -0.25) is 4.79 Å². The molecule has 0 saturated carbocycles. The van der Waals surface area contributed by atoms with Crippen molar-refractivity contribution in [1.82, 2.24) is 15.6 Å². The van der Waals surface area contributed by atoms with Crippen molar-refractivity contribution in [3.8, 4) is 0 Å². The van der Waals surface area contributed by atoms with Gasteiger partial charge in [0.25, 0.3) is 0 Å². The molecule has 0 fully saturated rings. The highest BCUT2D eigenvalue weighted by Gasteiger charge is 2.12. The highest BCUT2D eigenvalue weighted by Crippen LogP contribution is 2.24. The SMILES string of the molecule is [C-]#[N+]c1nonc1SCC(=O)NCCO. The molecule has 0 aliphatic heterocycles. The number of carbonyl (C=O) groups is 1. The van der Waals surface area contributed by atoms with Crippen LogP contribution in [0.5, 0.6) is 0 Å². The molecule has 7 nitrogen and oxygen atoms in total. The van der Waals surface area contributed by atoms with Crippen molar-refractivity contribution in [1.29, 1.82) is 0 Å². The number of hydrogen-bond acceptors (Lipinski definition) is 6. The fraction of sp³-hybridized carbons (Fsp3) is 0.429. The Bertz CT molecular complexity index is 373. The Balaban J connectivity index is 2.37. The molecule has 0 bridgehead atoms. The summed E-state index contributed by atoms with van der Waals surface area (Å²) < 4.78 is 4.34. The van der Waals surface area contributed by atoms with Crippen LogP contribution in [0.15, 0.2) is 9.65 Å². The lowest BCUT2D eigenvalue weighted by Crippen LogP contribution is -2.27. The Labute approximate surface area is 89.6 Å². The van der Waals surface area contributed by atoms with E-state index in [0.717, 1.165) is 11.8 Å². The molecule has 1 aromatic heterocycles. The maximum atomic E-state index is 11.1. The third kappa shape index (κ3) is 3.57. The van der Waals surface area contributed by atoms with E-state index in [4.69, 9.17) is 11.7 Å². The predicted octanol–water partition coefficient (Wildman–Crippen LogP) is -0.179. The molecule has 1 aromatic rings. The van der Waals surface area contributed by atoms with Gasteiger partial charge in [0.05, 0.1) is 12.4 Å². The van der Waals surface area contributed by atoms with Gasteiger partial charge in [0.1, 0.15) is 5.16 Å². The topological polar surface area (TPSA) is 92.6 Å². The normalized spacial score (nSPS) is 9.60. The number of aliphatic hydroxyl groups is 1. The van der Waals surface area contributed by atoms with Crippen LogP contribution >= 0.6 is 11.8 Å². The molecule has 0 atom stereocenters. The third-order valence-corrected chi connectivity index (χ3v) is 2.26. The van der Waals surface area contributed by atoms with Gasteiger partial charge in [0.2, 0.25) is 5.91 Å². The van der Waals surface area contributed by atoms with Crippen LogP contribution in [0, 0.1) is 6.57 Å². The van der Waals surface area contributed by atoms with E-state index in [1.54, 1.807) is 0 Å². The summed E-state index contributed by atoms with van der Waals surface area (Å²) >= 11 is 1.06. The standard InChI is InChI=1S/C7H8N4O3S/c1-8-6-7(11-14-10-6)15-4-5(13)9-2-3-12/h12H,2-4H2,(H,9,13). The van der Waals surface area contributed by atoms with Crippen molar-refractivity contribution >= 4 is 23.5 Å². The maximum absolute atomic E-state index is 11.1. The summed E-state index contributed by atoms with van der Waals surface area (Å²) in [7, 11) is 0. The van der Waals surface area contributed by atoms with Gasteiger partial charge in [-0.2, -0.15) is 4.63 Å². The Hall–Kier alpha value is -1.59. The van der Waals surface area contributed by atoms with E-state index in [0.29, 0.717) is 5.03 Å². The first-order chi connectivity index (χ1) is 7.27. The quantitative estimate of drug-likeness (QED) is 0.536. The number of aromatic nitrogens is 2. The third-order valence-electron chi connectivity index (χ3n) is 1.32. The van der Waals surface area contributed by atoms with Crippen molar-refractivity contribution in [3.63, 3.8) is 0 Å². The summed E-state index contributed by atoms with van der Waals surface area (Å²) in [6, 6.07) is 0. The number of thioether (sulfide) groups is 1. The van der Waals surface area contributed by atoms with Gasteiger partial charge in [0, 0.05) is 6.54 Å². The summed E-state index contributed by atoms with van der Waals surface area (Å²) in [4.78, 5) is 14.2. The van der Waals surface area contributed by atoms with Crippen LogP contribution in [0.4, 0.5) is 5.82 Å². The first-order valence-corrected chi connectivity index (χ1v) is 4.97. The average molecular weight is 228 g/mol. The molecule has 0 radical (unpaired) electrons. The first kappa shape index (κ1) is 11.5. The van der Waals surface area contributed by atoms with E-state index in [-0.39, 0.29) is 30.6 Å². The van der Waals surface area contributed by atoms with Crippen LogP contribution < -0.4 is 5.32 Å². The van der Waals surface area contributed by atoms with Crippen LogP contribution in [-0.4, -0.2) is 40.2 Å². The van der Waals surface area contributed by atoms with E-state index < -0.39 is 0 Å². The summed E-state index contributed by atoms with van der Waals surface area (Å²) in [6.45, 7) is 6.83. The van der Waals surface area contributed by atoms with Crippen LogP contribution in [0.25, 0.3) is 4.85 Å². The summed E-state index contributed by atoms with van der Waals surface area (Å²) in [5, 5.41) is 18.0. The minimum atomic E-state index is -0.243. The molecule has 15 heavy (non-hydrogen) atoms. The fourth-order valence-electron chi connectivity index (χ4n) is 0.715. The van der Waals surface area contributed by atoms with E-state index in [9.17, 15) is 4.79 Å². The molecule has 1 heterocycles. The largest absolute Gasteiger partial charge is 0.395 e. The van der Waals surface area contributed by atoms with Crippen molar-refractivity contribution in [2.75, 3.05) is 18.9 Å². The van der Waals surface area contributed by atoms with E-state index in [1.165, 1.54) is 0 Å². The lowest BCUT2D eigenvalue weighted by atomic mass is 10.6. The minimum absolute atomic E-state index is 0.0509. The number of aliphatic hydroxyl groups excluding tert-OH is 1. The van der Waals surface area contributed by atoms with Crippen LogP contribution in [-0.2, 0) is 4.79 Å². The molecule has 1 amide bonds. The second kappa shape index (κ2) is 6.00. The molecule has 0 aliphatic carbocycles. The Morgan fingerprint density at radius 2 is 2.47 bits per heavy atom. The highest BCUT2D eigenvalue weighted by molar-refractivity contribution is 8.00. The number of nitrogens with one attached hydrogen (secondary N) is 1. The molecule has 0 aliphatic rings. The summed E-state index contributed by atoms with van der Waals surface area (Å²) in [5.41, 5.74) is 0. The molecule has 2 N–H and O–H groups in total. The highest BCUT2D eigenvalue weighted by atomic mass is 32.2. The monoisotopic (exact) mass is 228 g/mol. The van der Waals surface area contributed by atoms with Crippen LogP contribution in [0.2, 0.25) is 0 Å². The van der Waals surface area contributed by atoms with Gasteiger partial charge >= 0.3 is 5.82 Å². The van der Waals surface area contributed by atoms with Crippen molar-refractivity contribution in [3.05, 3.63) is 11.4 Å². The Morgan fingerprint density at radius 3 is 3.13 bits per heavy atom. The molecule has 0 spiro atoms. The zero-order valence-corrected chi connectivity index (χ0v) is 8.45. The second-order valence-corrected chi connectivity index (χ2v) is 3.33. The number of amides is 1. The zero-order valence-electron chi connectivity index (χ0n) is 7.63. The number of rotatable bonds is 5. The van der Waals surface area contributed by atoms with E-state index in [2.05, 4.69) is 25.1 Å². The predicted molar refractivity (Wildman–Crippen MR) is 51.4 cm³/mol. The second-order valence-electron chi connectivity index (χ2n) is 2.37. The number of nitrogens with zero attached hydrogens (tertiary/aromatic N) is 3. The van der Waals surface area contributed by atoms with Crippen LogP contribution in [0.1, 0.15) is 0 Å². The van der Waals surface area contributed by atoms with Gasteiger partial charge in [-0.25, -0.2) is 0 Å². The summed E-state index contributed by atoms with van der Waals surface area (Å²) in [5.74, 6) is -0.0839. The molecule has 0 saturated heterocycles. The molecule has 0 unspecified atom stereocenters. The van der Waals surface area contributed by atoms with Gasteiger partial charge in [-0.1, -0.05) is 6.57 Å². The van der Waals surface area contributed by atoms with Crippen molar-refractivity contribution in [2.45, 2.75) is 5.03 Å². The molecular weight excluding hydrogens is 220 g/mol. The van der Waals surface area contributed by atoms with Crippen molar-refractivity contribution < 1.29 is 14.5 Å². The Kier molecular flexibility index (Phi) is 4.59. The van der Waals surface area contributed by atoms with Gasteiger partial charge in [-0.05, 0) is 5.16 Å². The van der Waals surface area contributed by atoms with Gasteiger partial charge in [0.15, 0.2) is 5.03 Å². The molecular formula is C7H8N4O3S. The lowest BCUT2D eigenvalue weighted by molar-refractivity contribution is -0.118.